The number of benzene rings is 1. The molecule has 0 saturated carbocycles. The number of nitrogens with one attached hydrogen (secondary N) is 1. The number of carboxylic acid groups (broad SMARTS) is 1. The highest BCUT2D eigenvalue weighted by atomic mass is 79.9. The van der Waals surface area contributed by atoms with Crippen molar-refractivity contribution < 1.29 is 14.7 Å². The maximum Gasteiger partial charge on any atom is 0.337 e. The Hall–Kier alpha value is -1.56. The minimum Gasteiger partial charge on any atom is -0.478 e. The number of urea groups is 1. The molecule has 5 nitrogen and oxygen atoms in total. The van der Waals surface area contributed by atoms with E-state index in [1.807, 2.05) is 6.92 Å². The van der Waals surface area contributed by atoms with E-state index in [2.05, 4.69) is 28.2 Å². The van der Waals surface area contributed by atoms with Crippen molar-refractivity contribution in [2.75, 3.05) is 11.9 Å². The minimum absolute atomic E-state index is 0.0791. The maximum absolute atomic E-state index is 12.4. The molecule has 114 valence electrons. The molecule has 1 saturated heterocycles. The fraction of sp³-hybridized carbons (Fsp3) is 0.467. The second-order valence-electron chi connectivity index (χ2n) is 5.61. The molecule has 2 rings (SSSR count). The van der Waals surface area contributed by atoms with Crippen LogP contribution in [0.1, 0.15) is 37.0 Å². The van der Waals surface area contributed by atoms with E-state index in [4.69, 9.17) is 0 Å². The second kappa shape index (κ2) is 6.47. The topological polar surface area (TPSA) is 69.6 Å². The molecular weight excluding hydrogens is 336 g/mol. The van der Waals surface area contributed by atoms with Gasteiger partial charge in [0.05, 0.1) is 11.3 Å². The van der Waals surface area contributed by atoms with E-state index >= 15 is 0 Å². The molecule has 2 N–H and O–H groups in total. The quantitative estimate of drug-likeness (QED) is 0.848. The molecule has 1 aliphatic heterocycles. The van der Waals surface area contributed by atoms with Gasteiger partial charge in [-0.2, -0.15) is 0 Å². The van der Waals surface area contributed by atoms with E-state index in [1.165, 1.54) is 6.07 Å². The van der Waals surface area contributed by atoms with Crippen LogP contribution in [0.3, 0.4) is 0 Å². The van der Waals surface area contributed by atoms with E-state index in [1.54, 1.807) is 17.0 Å². The summed E-state index contributed by atoms with van der Waals surface area (Å²) in [5, 5.41) is 11.9. The predicted octanol–water partition coefficient (Wildman–Crippen LogP) is 3.80. The number of piperidine rings is 1. The van der Waals surface area contributed by atoms with Gasteiger partial charge in [0.1, 0.15) is 0 Å². The van der Waals surface area contributed by atoms with Gasteiger partial charge in [-0.05, 0) is 43.9 Å². The molecule has 2 unspecified atom stereocenters. The molecule has 0 aromatic heterocycles. The lowest BCUT2D eigenvalue weighted by molar-refractivity contribution is 0.0698. The molecule has 0 radical (unpaired) electrons. The van der Waals surface area contributed by atoms with E-state index in [0.717, 1.165) is 12.8 Å². The average Bonchev–Trinajstić information content (AvgIpc) is 2.43. The van der Waals surface area contributed by atoms with Gasteiger partial charge in [0, 0.05) is 17.1 Å². The minimum atomic E-state index is -1.06. The van der Waals surface area contributed by atoms with Gasteiger partial charge >= 0.3 is 12.0 Å². The van der Waals surface area contributed by atoms with Crippen LogP contribution in [0.2, 0.25) is 0 Å². The van der Waals surface area contributed by atoms with Gasteiger partial charge in [-0.25, -0.2) is 9.59 Å². The Bertz CT molecular complexity index is 562. The molecule has 1 aromatic rings. The van der Waals surface area contributed by atoms with E-state index in [9.17, 15) is 14.7 Å². The molecule has 1 aromatic carbocycles. The highest BCUT2D eigenvalue weighted by molar-refractivity contribution is 9.10. The monoisotopic (exact) mass is 354 g/mol. The third kappa shape index (κ3) is 3.75. The summed E-state index contributed by atoms with van der Waals surface area (Å²) in [5.74, 6) is -0.595. The number of hydrogen-bond acceptors (Lipinski definition) is 2. The standard InChI is InChI=1S/C15H19BrN2O3/c1-9-3-4-10(2)18(8-9)15(21)17-13-6-5-11(16)7-12(13)14(19)20/h5-7,9-10H,3-4,8H2,1-2H3,(H,17,21)(H,19,20). The van der Waals surface area contributed by atoms with Crippen molar-refractivity contribution in [1.82, 2.24) is 4.90 Å². The number of likely N-dealkylation sites (tertiary alicyclic amines) is 1. The van der Waals surface area contributed by atoms with Crippen LogP contribution < -0.4 is 5.32 Å². The number of nitrogens with zero attached hydrogens (tertiary/aromatic N) is 1. The Morgan fingerprint density at radius 2 is 2.05 bits per heavy atom. The van der Waals surface area contributed by atoms with Crippen LogP contribution in [0.5, 0.6) is 0 Å². The van der Waals surface area contributed by atoms with Crippen molar-refractivity contribution in [1.29, 1.82) is 0 Å². The molecule has 2 amide bonds. The van der Waals surface area contributed by atoms with Crippen LogP contribution in [0, 0.1) is 5.92 Å². The molecular formula is C15H19BrN2O3. The molecule has 0 aliphatic carbocycles. The summed E-state index contributed by atoms with van der Waals surface area (Å²) in [5.41, 5.74) is 0.400. The van der Waals surface area contributed by atoms with Crippen molar-refractivity contribution in [2.45, 2.75) is 32.7 Å². The Morgan fingerprint density at radius 3 is 2.71 bits per heavy atom. The first-order chi connectivity index (χ1) is 9.88. The summed E-state index contributed by atoms with van der Waals surface area (Å²) in [6, 6.07) is 4.73. The summed E-state index contributed by atoms with van der Waals surface area (Å²) in [7, 11) is 0. The highest BCUT2D eigenvalue weighted by Crippen LogP contribution is 2.25. The van der Waals surface area contributed by atoms with E-state index in [-0.39, 0.29) is 17.6 Å². The fourth-order valence-electron chi connectivity index (χ4n) is 2.56. The number of carboxylic acids is 1. The third-order valence-electron chi connectivity index (χ3n) is 3.83. The lowest BCUT2D eigenvalue weighted by Crippen LogP contribution is -2.47. The van der Waals surface area contributed by atoms with Gasteiger partial charge in [0.15, 0.2) is 0 Å². The number of carbonyl (C=O) groups excluding carboxylic acids is 1. The van der Waals surface area contributed by atoms with Crippen molar-refractivity contribution >= 4 is 33.6 Å². The largest absolute Gasteiger partial charge is 0.478 e. The van der Waals surface area contributed by atoms with Crippen molar-refractivity contribution in [3.8, 4) is 0 Å². The summed E-state index contributed by atoms with van der Waals surface area (Å²) in [6.07, 6.45) is 2.09. The fourth-order valence-corrected chi connectivity index (χ4v) is 2.92. The van der Waals surface area contributed by atoms with E-state index in [0.29, 0.717) is 22.6 Å². The van der Waals surface area contributed by atoms with Gasteiger partial charge in [-0.1, -0.05) is 22.9 Å². The van der Waals surface area contributed by atoms with Crippen LogP contribution in [-0.4, -0.2) is 34.6 Å². The zero-order valence-electron chi connectivity index (χ0n) is 12.1. The smallest absolute Gasteiger partial charge is 0.337 e. The zero-order chi connectivity index (χ0) is 15.6. The van der Waals surface area contributed by atoms with Crippen LogP contribution in [-0.2, 0) is 0 Å². The summed E-state index contributed by atoms with van der Waals surface area (Å²) < 4.78 is 0.665. The molecule has 21 heavy (non-hydrogen) atoms. The lowest BCUT2D eigenvalue weighted by Gasteiger charge is -2.36. The predicted molar refractivity (Wildman–Crippen MR) is 84.7 cm³/mol. The SMILES string of the molecule is CC1CCC(C)N(C(=O)Nc2ccc(Br)cc2C(=O)O)C1. The van der Waals surface area contributed by atoms with Crippen LogP contribution in [0.4, 0.5) is 10.5 Å². The summed E-state index contributed by atoms with van der Waals surface area (Å²) >= 11 is 3.24. The van der Waals surface area contributed by atoms with Crippen LogP contribution in [0.15, 0.2) is 22.7 Å². The number of carbonyl (C=O) groups is 2. The number of anilines is 1. The third-order valence-corrected chi connectivity index (χ3v) is 4.33. The Morgan fingerprint density at radius 1 is 1.33 bits per heavy atom. The van der Waals surface area contributed by atoms with Crippen molar-refractivity contribution in [2.24, 2.45) is 5.92 Å². The van der Waals surface area contributed by atoms with Gasteiger partial charge < -0.3 is 15.3 Å². The first-order valence-electron chi connectivity index (χ1n) is 6.99. The van der Waals surface area contributed by atoms with Crippen molar-refractivity contribution in [3.05, 3.63) is 28.2 Å². The molecule has 0 bridgehead atoms. The molecule has 1 heterocycles. The number of aromatic carboxylic acids is 1. The van der Waals surface area contributed by atoms with Gasteiger partial charge in [0.25, 0.3) is 0 Å². The van der Waals surface area contributed by atoms with Crippen LogP contribution >= 0.6 is 15.9 Å². The Labute approximate surface area is 132 Å². The van der Waals surface area contributed by atoms with Gasteiger partial charge in [-0.3, -0.25) is 0 Å². The zero-order valence-corrected chi connectivity index (χ0v) is 13.7. The summed E-state index contributed by atoms with van der Waals surface area (Å²) in [4.78, 5) is 25.4. The number of amides is 2. The van der Waals surface area contributed by atoms with Gasteiger partial charge in [-0.15, -0.1) is 0 Å². The second-order valence-corrected chi connectivity index (χ2v) is 6.52. The average molecular weight is 355 g/mol. The lowest BCUT2D eigenvalue weighted by atomic mass is 9.95. The van der Waals surface area contributed by atoms with Gasteiger partial charge in [0.2, 0.25) is 0 Å². The molecule has 1 aliphatic rings. The number of hydrogen-bond donors (Lipinski definition) is 2. The molecule has 6 heteroatoms. The van der Waals surface area contributed by atoms with Crippen LogP contribution in [0.25, 0.3) is 0 Å². The molecule has 2 atom stereocenters. The number of rotatable bonds is 2. The molecule has 1 fully saturated rings. The Balaban J connectivity index is 2.17. The highest BCUT2D eigenvalue weighted by Gasteiger charge is 2.27. The normalized spacial score (nSPS) is 22.0. The first kappa shape index (κ1) is 15.8. The summed E-state index contributed by atoms with van der Waals surface area (Å²) in [6.45, 7) is 4.84. The first-order valence-corrected chi connectivity index (χ1v) is 7.78. The molecule has 0 spiro atoms. The Kier molecular flexibility index (Phi) is 4.88. The van der Waals surface area contributed by atoms with Crippen molar-refractivity contribution in [3.63, 3.8) is 0 Å². The van der Waals surface area contributed by atoms with E-state index < -0.39 is 5.97 Å². The number of halogens is 1. The maximum atomic E-state index is 12.4.